The van der Waals surface area contributed by atoms with Gasteiger partial charge in [-0.3, -0.25) is 14.2 Å². The average Bonchev–Trinajstić information content (AvgIpc) is 2.76. The molecule has 1 unspecified atom stereocenters. The van der Waals surface area contributed by atoms with E-state index < -0.39 is 5.25 Å². The van der Waals surface area contributed by atoms with Gasteiger partial charge in [-0.2, -0.15) is 0 Å². The Bertz CT molecular complexity index is 1390. The zero-order chi connectivity index (χ0) is 22.8. The largest absolute Gasteiger partial charge is 0.325 e. The molecular formula is C24H19Cl2N3O2S. The highest BCUT2D eigenvalue weighted by Gasteiger charge is 2.21. The molecule has 1 amide bonds. The molecule has 4 aromatic rings. The van der Waals surface area contributed by atoms with E-state index in [0.717, 1.165) is 5.56 Å². The highest BCUT2D eigenvalue weighted by molar-refractivity contribution is 8.00. The normalized spacial score (nSPS) is 12.0. The Morgan fingerprint density at radius 3 is 2.59 bits per heavy atom. The first-order valence-electron chi connectivity index (χ1n) is 9.85. The van der Waals surface area contributed by atoms with Crippen LogP contribution in [0.1, 0.15) is 12.5 Å². The third kappa shape index (κ3) is 4.67. The lowest BCUT2D eigenvalue weighted by molar-refractivity contribution is -0.115. The number of aromatic nitrogens is 2. The molecule has 0 radical (unpaired) electrons. The van der Waals surface area contributed by atoms with Crippen LogP contribution in [0.25, 0.3) is 16.6 Å². The van der Waals surface area contributed by atoms with Gasteiger partial charge in [0.2, 0.25) is 5.91 Å². The van der Waals surface area contributed by atoms with Gasteiger partial charge in [-0.05, 0) is 61.9 Å². The molecule has 0 fully saturated rings. The van der Waals surface area contributed by atoms with Gasteiger partial charge in [-0.25, -0.2) is 4.98 Å². The molecular weight excluding hydrogens is 465 g/mol. The van der Waals surface area contributed by atoms with Gasteiger partial charge in [0.05, 0.1) is 21.8 Å². The summed E-state index contributed by atoms with van der Waals surface area (Å²) in [5, 5.41) is 4.29. The van der Waals surface area contributed by atoms with Crippen LogP contribution < -0.4 is 10.9 Å². The van der Waals surface area contributed by atoms with Gasteiger partial charge in [0.25, 0.3) is 5.56 Å². The van der Waals surface area contributed by atoms with E-state index in [0.29, 0.717) is 37.5 Å². The van der Waals surface area contributed by atoms with Crippen LogP contribution in [0.2, 0.25) is 10.0 Å². The topological polar surface area (TPSA) is 64.0 Å². The highest BCUT2D eigenvalue weighted by Crippen LogP contribution is 2.28. The monoisotopic (exact) mass is 483 g/mol. The molecule has 162 valence electrons. The molecule has 5 nitrogen and oxygen atoms in total. The van der Waals surface area contributed by atoms with Gasteiger partial charge in [-0.1, -0.05) is 59.2 Å². The summed E-state index contributed by atoms with van der Waals surface area (Å²) >= 11 is 13.5. The first kappa shape index (κ1) is 22.4. The average molecular weight is 484 g/mol. The summed E-state index contributed by atoms with van der Waals surface area (Å²) in [6.45, 7) is 3.66. The first-order chi connectivity index (χ1) is 15.3. The predicted octanol–water partition coefficient (Wildman–Crippen LogP) is 6.12. The van der Waals surface area contributed by atoms with Gasteiger partial charge < -0.3 is 5.32 Å². The molecule has 1 atom stereocenters. The van der Waals surface area contributed by atoms with Crippen molar-refractivity contribution in [3.63, 3.8) is 0 Å². The number of carbonyl (C=O) groups excluding carboxylic acids is 1. The molecule has 1 heterocycles. The number of hydrogen-bond donors (Lipinski definition) is 1. The van der Waals surface area contributed by atoms with E-state index in [9.17, 15) is 9.59 Å². The van der Waals surface area contributed by atoms with E-state index >= 15 is 0 Å². The maximum atomic E-state index is 13.4. The van der Waals surface area contributed by atoms with E-state index in [2.05, 4.69) is 10.3 Å². The zero-order valence-corrected chi connectivity index (χ0v) is 19.6. The number of fused-ring (bicyclic) bond motifs is 1. The van der Waals surface area contributed by atoms with Crippen LogP contribution in [-0.2, 0) is 4.79 Å². The number of nitrogens with zero attached hydrogens (tertiary/aromatic N) is 2. The molecule has 0 aliphatic rings. The Kier molecular flexibility index (Phi) is 6.55. The van der Waals surface area contributed by atoms with Crippen molar-refractivity contribution in [1.82, 2.24) is 9.55 Å². The SMILES string of the molecule is Cc1ccc(-n2c(SC(C)C(=O)Nc3cccc(Cl)c3)nc3ccccc3c2=O)cc1Cl. The van der Waals surface area contributed by atoms with E-state index in [1.165, 1.54) is 16.3 Å². The molecule has 8 heteroatoms. The number of halogens is 2. The van der Waals surface area contributed by atoms with Crippen molar-refractivity contribution in [1.29, 1.82) is 0 Å². The molecule has 0 saturated carbocycles. The molecule has 0 spiro atoms. The van der Waals surface area contributed by atoms with Crippen molar-refractivity contribution in [3.8, 4) is 5.69 Å². The minimum Gasteiger partial charge on any atom is -0.325 e. The molecule has 0 aliphatic heterocycles. The number of benzene rings is 3. The Balaban J connectivity index is 1.74. The summed E-state index contributed by atoms with van der Waals surface area (Å²) in [6, 6.07) is 19.5. The molecule has 0 bridgehead atoms. The maximum Gasteiger partial charge on any atom is 0.266 e. The van der Waals surface area contributed by atoms with Gasteiger partial charge in [0.15, 0.2) is 5.16 Å². The van der Waals surface area contributed by atoms with Crippen molar-refractivity contribution in [2.45, 2.75) is 24.3 Å². The van der Waals surface area contributed by atoms with Crippen LogP contribution in [0.4, 0.5) is 5.69 Å². The van der Waals surface area contributed by atoms with Gasteiger partial charge >= 0.3 is 0 Å². The summed E-state index contributed by atoms with van der Waals surface area (Å²) in [7, 11) is 0. The Hall–Kier alpha value is -2.80. The highest BCUT2D eigenvalue weighted by atomic mass is 35.5. The number of nitrogens with one attached hydrogen (secondary N) is 1. The second kappa shape index (κ2) is 9.36. The van der Waals surface area contributed by atoms with Crippen molar-refractivity contribution in [2.75, 3.05) is 5.32 Å². The minimum absolute atomic E-state index is 0.222. The van der Waals surface area contributed by atoms with E-state index in [4.69, 9.17) is 23.2 Å². The van der Waals surface area contributed by atoms with Gasteiger partial charge in [0, 0.05) is 15.7 Å². The number of para-hydroxylation sites is 1. The molecule has 32 heavy (non-hydrogen) atoms. The lowest BCUT2D eigenvalue weighted by Gasteiger charge is -2.17. The number of aryl methyl sites for hydroxylation is 1. The van der Waals surface area contributed by atoms with Gasteiger partial charge in [-0.15, -0.1) is 0 Å². The van der Waals surface area contributed by atoms with Crippen LogP contribution in [-0.4, -0.2) is 20.7 Å². The van der Waals surface area contributed by atoms with Crippen molar-refractivity contribution < 1.29 is 4.79 Å². The molecule has 0 saturated heterocycles. The molecule has 1 aromatic heterocycles. The van der Waals surface area contributed by atoms with E-state index in [1.54, 1.807) is 55.5 Å². The second-order valence-electron chi connectivity index (χ2n) is 7.25. The van der Waals surface area contributed by atoms with Crippen LogP contribution in [0.15, 0.2) is 76.7 Å². The zero-order valence-electron chi connectivity index (χ0n) is 17.3. The second-order valence-corrected chi connectivity index (χ2v) is 9.40. The van der Waals surface area contributed by atoms with Gasteiger partial charge in [0.1, 0.15) is 0 Å². The smallest absolute Gasteiger partial charge is 0.266 e. The summed E-state index contributed by atoms with van der Waals surface area (Å²) < 4.78 is 1.50. The minimum atomic E-state index is -0.533. The number of amides is 1. The Labute approximate surface area is 199 Å². The third-order valence-electron chi connectivity index (χ3n) is 4.90. The quantitative estimate of drug-likeness (QED) is 0.274. The molecule has 4 rings (SSSR count). The maximum absolute atomic E-state index is 13.4. The molecule has 3 aromatic carbocycles. The molecule has 1 N–H and O–H groups in total. The number of rotatable bonds is 5. The summed E-state index contributed by atoms with van der Waals surface area (Å²) in [5.41, 5.74) is 2.44. The number of thioether (sulfide) groups is 1. The van der Waals surface area contributed by atoms with E-state index in [1.807, 2.05) is 25.1 Å². The van der Waals surface area contributed by atoms with Crippen LogP contribution in [0, 0.1) is 6.92 Å². The van der Waals surface area contributed by atoms with Crippen LogP contribution >= 0.6 is 35.0 Å². The lowest BCUT2D eigenvalue weighted by atomic mass is 10.2. The number of anilines is 1. The Morgan fingerprint density at radius 2 is 1.84 bits per heavy atom. The summed E-state index contributed by atoms with van der Waals surface area (Å²) in [6.07, 6.45) is 0. The van der Waals surface area contributed by atoms with Crippen LogP contribution in [0.5, 0.6) is 0 Å². The van der Waals surface area contributed by atoms with E-state index in [-0.39, 0.29) is 11.5 Å². The fraction of sp³-hybridized carbons (Fsp3) is 0.125. The fourth-order valence-corrected chi connectivity index (χ4v) is 4.45. The summed E-state index contributed by atoms with van der Waals surface area (Å²) in [4.78, 5) is 30.9. The third-order valence-corrected chi connectivity index (χ3v) is 6.60. The van der Waals surface area contributed by atoms with Crippen molar-refractivity contribution in [3.05, 3.63) is 92.7 Å². The van der Waals surface area contributed by atoms with Crippen LogP contribution in [0.3, 0.4) is 0 Å². The predicted molar refractivity (Wildman–Crippen MR) is 132 cm³/mol. The lowest BCUT2D eigenvalue weighted by Crippen LogP contribution is -2.26. The molecule has 0 aliphatic carbocycles. The summed E-state index contributed by atoms with van der Waals surface area (Å²) in [5.74, 6) is -0.229. The Morgan fingerprint density at radius 1 is 1.06 bits per heavy atom. The first-order valence-corrected chi connectivity index (χ1v) is 11.5. The standard InChI is InChI=1S/C24H19Cl2N3O2S/c1-14-10-11-18(13-20(14)26)29-23(31)19-8-3-4-9-21(19)28-24(29)32-15(2)22(30)27-17-7-5-6-16(25)12-17/h3-13,15H,1-2H3,(H,27,30). The number of carbonyl (C=O) groups is 1. The fourth-order valence-electron chi connectivity index (χ4n) is 3.16. The van der Waals surface area contributed by atoms with Crippen molar-refractivity contribution in [2.24, 2.45) is 0 Å². The number of hydrogen-bond acceptors (Lipinski definition) is 4. The van der Waals surface area contributed by atoms with Crippen molar-refractivity contribution >= 4 is 57.5 Å².